The average Bonchev–Trinajstić information content (AvgIpc) is 3.20. The highest BCUT2D eigenvalue weighted by Gasteiger charge is 2.37. The SMILES string of the molecule is COc1ccc(N2CC(C(=O)NC3c4ccccc4Oc4ccccc43)CC2=O)cc1. The van der Waals surface area contributed by atoms with Crippen LogP contribution in [0, 0.1) is 5.92 Å². The van der Waals surface area contributed by atoms with E-state index in [2.05, 4.69) is 5.32 Å². The normalized spacial score (nSPS) is 17.5. The van der Waals surface area contributed by atoms with Crippen LogP contribution in [0.2, 0.25) is 0 Å². The van der Waals surface area contributed by atoms with Gasteiger partial charge >= 0.3 is 0 Å². The first kappa shape index (κ1) is 19.2. The summed E-state index contributed by atoms with van der Waals surface area (Å²) in [4.78, 5) is 27.5. The zero-order valence-electron chi connectivity index (χ0n) is 17.1. The average molecular weight is 414 g/mol. The Hall–Kier alpha value is -3.80. The molecule has 0 radical (unpaired) electrons. The van der Waals surface area contributed by atoms with Crippen molar-refractivity contribution in [1.29, 1.82) is 0 Å². The Morgan fingerprint density at radius 3 is 2.19 bits per heavy atom. The minimum absolute atomic E-state index is 0.0573. The van der Waals surface area contributed by atoms with Crippen LogP contribution in [-0.4, -0.2) is 25.5 Å². The Bertz CT molecular complexity index is 1100. The molecule has 1 unspecified atom stereocenters. The van der Waals surface area contributed by atoms with Gasteiger partial charge in [-0.25, -0.2) is 0 Å². The predicted molar refractivity (Wildman–Crippen MR) is 116 cm³/mol. The van der Waals surface area contributed by atoms with Crippen LogP contribution in [-0.2, 0) is 9.59 Å². The number of carbonyl (C=O) groups excluding carboxylic acids is 2. The van der Waals surface area contributed by atoms with Crippen LogP contribution < -0.4 is 19.7 Å². The number of benzene rings is 3. The summed E-state index contributed by atoms with van der Waals surface area (Å²) >= 11 is 0. The van der Waals surface area contributed by atoms with E-state index in [4.69, 9.17) is 9.47 Å². The van der Waals surface area contributed by atoms with E-state index in [9.17, 15) is 9.59 Å². The summed E-state index contributed by atoms with van der Waals surface area (Å²) in [6, 6.07) is 22.4. The molecule has 2 aliphatic heterocycles. The van der Waals surface area contributed by atoms with Crippen LogP contribution in [0.1, 0.15) is 23.6 Å². The first-order valence-corrected chi connectivity index (χ1v) is 10.2. The topological polar surface area (TPSA) is 67.9 Å². The molecule has 31 heavy (non-hydrogen) atoms. The molecular weight excluding hydrogens is 392 g/mol. The quantitative estimate of drug-likeness (QED) is 0.699. The van der Waals surface area contributed by atoms with Crippen LogP contribution >= 0.6 is 0 Å². The molecule has 2 heterocycles. The fourth-order valence-electron chi connectivity index (χ4n) is 4.22. The molecule has 0 saturated carbocycles. The lowest BCUT2D eigenvalue weighted by atomic mass is 9.93. The summed E-state index contributed by atoms with van der Waals surface area (Å²) in [6.07, 6.45) is 0.185. The monoisotopic (exact) mass is 414 g/mol. The van der Waals surface area contributed by atoms with Gasteiger partial charge in [-0.1, -0.05) is 36.4 Å². The largest absolute Gasteiger partial charge is 0.497 e. The van der Waals surface area contributed by atoms with Gasteiger partial charge in [-0.2, -0.15) is 0 Å². The molecule has 6 nitrogen and oxygen atoms in total. The van der Waals surface area contributed by atoms with E-state index in [1.165, 1.54) is 0 Å². The number of hydrogen-bond donors (Lipinski definition) is 1. The van der Waals surface area contributed by atoms with Crippen LogP contribution in [0.25, 0.3) is 0 Å². The van der Waals surface area contributed by atoms with Crippen LogP contribution in [0.15, 0.2) is 72.8 Å². The van der Waals surface area contributed by atoms with Gasteiger partial charge in [0.15, 0.2) is 0 Å². The first-order chi connectivity index (χ1) is 15.1. The second-order valence-electron chi connectivity index (χ2n) is 7.72. The smallest absolute Gasteiger partial charge is 0.227 e. The number of para-hydroxylation sites is 2. The Labute approximate surface area is 180 Å². The third kappa shape index (κ3) is 3.50. The molecule has 1 N–H and O–H groups in total. The Morgan fingerprint density at radius 1 is 0.968 bits per heavy atom. The lowest BCUT2D eigenvalue weighted by molar-refractivity contribution is -0.126. The molecule has 3 aromatic carbocycles. The van der Waals surface area contributed by atoms with Gasteiger partial charge in [-0.3, -0.25) is 9.59 Å². The van der Waals surface area contributed by atoms with Crippen molar-refractivity contribution in [2.75, 3.05) is 18.6 Å². The van der Waals surface area contributed by atoms with Gasteiger partial charge in [0.1, 0.15) is 17.2 Å². The van der Waals surface area contributed by atoms with Gasteiger partial charge in [-0.15, -0.1) is 0 Å². The van der Waals surface area contributed by atoms with Crippen molar-refractivity contribution in [3.63, 3.8) is 0 Å². The number of ether oxygens (including phenoxy) is 2. The van der Waals surface area contributed by atoms with Gasteiger partial charge in [-0.05, 0) is 36.4 Å². The Morgan fingerprint density at radius 2 is 1.58 bits per heavy atom. The first-order valence-electron chi connectivity index (χ1n) is 10.2. The van der Waals surface area contributed by atoms with Crippen molar-refractivity contribution in [2.24, 2.45) is 5.92 Å². The number of nitrogens with one attached hydrogen (secondary N) is 1. The number of anilines is 1. The second kappa shape index (κ2) is 7.80. The summed E-state index contributed by atoms with van der Waals surface area (Å²) in [7, 11) is 1.60. The number of fused-ring (bicyclic) bond motifs is 2. The molecule has 6 heteroatoms. The summed E-state index contributed by atoms with van der Waals surface area (Å²) in [5, 5.41) is 3.17. The highest BCUT2D eigenvalue weighted by molar-refractivity contribution is 6.00. The van der Waals surface area contributed by atoms with Gasteiger partial charge < -0.3 is 19.7 Å². The molecule has 156 valence electrons. The van der Waals surface area contributed by atoms with Crippen LogP contribution in [0.5, 0.6) is 17.2 Å². The molecule has 1 fully saturated rings. The number of nitrogens with zero attached hydrogens (tertiary/aromatic N) is 1. The van der Waals surface area contributed by atoms with Crippen LogP contribution in [0.4, 0.5) is 5.69 Å². The van der Waals surface area contributed by atoms with Gasteiger partial charge in [0.25, 0.3) is 0 Å². The van der Waals surface area contributed by atoms with Crippen molar-refractivity contribution >= 4 is 17.5 Å². The number of hydrogen-bond acceptors (Lipinski definition) is 4. The van der Waals surface area contributed by atoms with Gasteiger partial charge in [0.05, 0.1) is 19.1 Å². The van der Waals surface area contributed by atoms with E-state index < -0.39 is 5.92 Å². The van der Waals surface area contributed by atoms with Crippen molar-refractivity contribution < 1.29 is 19.1 Å². The van der Waals surface area contributed by atoms with E-state index in [0.29, 0.717) is 6.54 Å². The molecule has 1 atom stereocenters. The summed E-state index contributed by atoms with van der Waals surface area (Å²) in [5.74, 6) is 1.57. The summed E-state index contributed by atoms with van der Waals surface area (Å²) in [6.45, 7) is 0.351. The molecule has 0 bridgehead atoms. The van der Waals surface area contributed by atoms with E-state index in [0.717, 1.165) is 34.1 Å². The highest BCUT2D eigenvalue weighted by atomic mass is 16.5. The van der Waals surface area contributed by atoms with Crippen molar-refractivity contribution in [1.82, 2.24) is 5.32 Å². The Balaban J connectivity index is 1.37. The second-order valence-corrected chi connectivity index (χ2v) is 7.72. The maximum atomic E-state index is 13.2. The number of rotatable bonds is 4. The summed E-state index contributed by atoms with van der Waals surface area (Å²) < 4.78 is 11.2. The molecule has 0 aromatic heterocycles. The molecule has 1 saturated heterocycles. The third-order valence-corrected chi connectivity index (χ3v) is 5.85. The molecular formula is C25H22N2O4. The Kier molecular flexibility index (Phi) is 4.82. The fourth-order valence-corrected chi connectivity index (χ4v) is 4.22. The molecule has 5 rings (SSSR count). The lowest BCUT2D eigenvalue weighted by Gasteiger charge is -2.29. The number of carbonyl (C=O) groups is 2. The molecule has 0 spiro atoms. The molecule has 2 aliphatic rings. The van der Waals surface area contributed by atoms with E-state index in [-0.39, 0.29) is 24.3 Å². The minimum Gasteiger partial charge on any atom is -0.497 e. The maximum Gasteiger partial charge on any atom is 0.227 e. The van der Waals surface area contributed by atoms with Crippen LogP contribution in [0.3, 0.4) is 0 Å². The zero-order chi connectivity index (χ0) is 21.4. The van der Waals surface area contributed by atoms with Gasteiger partial charge in [0, 0.05) is 29.8 Å². The molecule has 3 aromatic rings. The lowest BCUT2D eigenvalue weighted by Crippen LogP contribution is -2.37. The van der Waals surface area contributed by atoms with Gasteiger partial charge in [0.2, 0.25) is 11.8 Å². The maximum absolute atomic E-state index is 13.2. The fraction of sp³-hybridized carbons (Fsp3) is 0.200. The minimum atomic E-state index is -0.420. The third-order valence-electron chi connectivity index (χ3n) is 5.85. The van der Waals surface area contributed by atoms with E-state index in [1.807, 2.05) is 72.8 Å². The van der Waals surface area contributed by atoms with Crippen molar-refractivity contribution in [2.45, 2.75) is 12.5 Å². The molecule has 2 amide bonds. The standard InChI is InChI=1S/C25H22N2O4/c1-30-18-12-10-17(11-13-18)27-15-16(14-23(27)28)25(29)26-24-19-6-2-4-8-21(19)31-22-9-5-3-7-20(22)24/h2-13,16,24H,14-15H2,1H3,(H,26,29). The van der Waals surface area contributed by atoms with E-state index >= 15 is 0 Å². The number of methoxy groups -OCH3 is 1. The summed E-state index contributed by atoms with van der Waals surface area (Å²) in [5.41, 5.74) is 2.58. The molecule has 0 aliphatic carbocycles. The van der Waals surface area contributed by atoms with E-state index in [1.54, 1.807) is 12.0 Å². The highest BCUT2D eigenvalue weighted by Crippen LogP contribution is 2.42. The van der Waals surface area contributed by atoms with Crippen molar-refractivity contribution in [3.05, 3.63) is 83.9 Å². The zero-order valence-corrected chi connectivity index (χ0v) is 17.1. The number of amides is 2. The van der Waals surface area contributed by atoms with Crippen molar-refractivity contribution in [3.8, 4) is 17.2 Å². The predicted octanol–water partition coefficient (Wildman–Crippen LogP) is 4.06.